The third-order valence-electron chi connectivity index (χ3n) is 2.42. The standard InChI is InChI=1S/C12H16N2O6S/c1-2-20-11(15)4-6-21(18,19)14-8-10-7-9(12(16)17)3-5-13-10/h3,5,7,14H,2,4,6,8H2,1H3,(H,16,17). The van der Waals surface area contributed by atoms with Gasteiger partial charge in [-0.25, -0.2) is 17.9 Å². The Hall–Kier alpha value is -2.00. The topological polar surface area (TPSA) is 123 Å². The fourth-order valence-corrected chi connectivity index (χ4v) is 2.36. The van der Waals surface area contributed by atoms with E-state index in [1.807, 2.05) is 0 Å². The number of aromatic nitrogens is 1. The van der Waals surface area contributed by atoms with Gasteiger partial charge >= 0.3 is 11.9 Å². The number of carboxylic acid groups (broad SMARTS) is 1. The molecular formula is C12H16N2O6S. The van der Waals surface area contributed by atoms with Crippen LogP contribution >= 0.6 is 0 Å². The van der Waals surface area contributed by atoms with E-state index in [0.29, 0.717) is 0 Å². The number of carboxylic acids is 1. The van der Waals surface area contributed by atoms with Crippen LogP contribution in [-0.2, 0) is 26.1 Å². The minimum absolute atomic E-state index is 0.0192. The van der Waals surface area contributed by atoms with Crippen molar-refractivity contribution < 1.29 is 27.9 Å². The molecule has 0 unspecified atom stereocenters. The molecule has 0 aromatic carbocycles. The molecule has 0 saturated heterocycles. The second-order valence-corrected chi connectivity index (χ2v) is 5.96. The molecule has 1 aromatic heterocycles. The van der Waals surface area contributed by atoms with E-state index in [2.05, 4.69) is 14.4 Å². The number of nitrogens with one attached hydrogen (secondary N) is 1. The van der Waals surface area contributed by atoms with E-state index < -0.39 is 27.7 Å². The van der Waals surface area contributed by atoms with Gasteiger partial charge in [-0.1, -0.05) is 0 Å². The molecule has 1 aromatic rings. The molecule has 0 fully saturated rings. The molecule has 0 spiro atoms. The highest BCUT2D eigenvalue weighted by atomic mass is 32.2. The molecule has 0 bridgehead atoms. The van der Waals surface area contributed by atoms with Crippen LogP contribution in [0.15, 0.2) is 18.3 Å². The summed E-state index contributed by atoms with van der Waals surface area (Å²) in [4.78, 5) is 25.7. The lowest BCUT2D eigenvalue weighted by molar-refractivity contribution is -0.142. The number of carbonyl (C=O) groups is 2. The Labute approximate surface area is 122 Å². The SMILES string of the molecule is CCOC(=O)CCS(=O)(=O)NCc1cc(C(=O)O)ccn1. The highest BCUT2D eigenvalue weighted by Crippen LogP contribution is 2.03. The summed E-state index contributed by atoms with van der Waals surface area (Å²) >= 11 is 0. The van der Waals surface area contributed by atoms with E-state index in [4.69, 9.17) is 5.11 Å². The van der Waals surface area contributed by atoms with Gasteiger partial charge in [-0.3, -0.25) is 9.78 Å². The zero-order valence-electron chi connectivity index (χ0n) is 11.4. The van der Waals surface area contributed by atoms with Gasteiger partial charge in [0.1, 0.15) is 0 Å². The largest absolute Gasteiger partial charge is 0.478 e. The molecule has 0 radical (unpaired) electrons. The average Bonchev–Trinajstić information content (AvgIpc) is 2.44. The first kappa shape index (κ1) is 17.1. The summed E-state index contributed by atoms with van der Waals surface area (Å²) in [5.41, 5.74) is 0.292. The second-order valence-electron chi connectivity index (χ2n) is 4.04. The zero-order valence-corrected chi connectivity index (χ0v) is 12.2. The smallest absolute Gasteiger partial charge is 0.335 e. The predicted octanol–water partition coefficient (Wildman–Crippen LogP) is 0.152. The van der Waals surface area contributed by atoms with Gasteiger partial charge in [-0.15, -0.1) is 0 Å². The molecule has 1 heterocycles. The first-order valence-electron chi connectivity index (χ1n) is 6.15. The van der Waals surface area contributed by atoms with Gasteiger partial charge in [0.2, 0.25) is 10.0 Å². The molecule has 1 rings (SSSR count). The number of aromatic carboxylic acids is 1. The summed E-state index contributed by atoms with van der Waals surface area (Å²) < 4.78 is 30.2. The molecule has 21 heavy (non-hydrogen) atoms. The first-order valence-corrected chi connectivity index (χ1v) is 7.80. The Morgan fingerprint density at radius 1 is 1.43 bits per heavy atom. The number of carbonyl (C=O) groups excluding carboxylic acids is 1. The summed E-state index contributed by atoms with van der Waals surface area (Å²) in [5.74, 6) is -2.11. The van der Waals surface area contributed by atoms with Crippen LogP contribution in [0.4, 0.5) is 0 Å². The number of esters is 1. The Morgan fingerprint density at radius 3 is 2.76 bits per heavy atom. The molecule has 0 amide bonds. The van der Waals surface area contributed by atoms with Crippen molar-refractivity contribution in [2.24, 2.45) is 0 Å². The molecule has 0 aliphatic carbocycles. The Balaban J connectivity index is 2.55. The summed E-state index contributed by atoms with van der Waals surface area (Å²) in [5, 5.41) is 8.82. The maximum Gasteiger partial charge on any atom is 0.335 e. The molecule has 0 saturated carbocycles. The van der Waals surface area contributed by atoms with Crippen LogP contribution in [-0.4, -0.2) is 42.8 Å². The van der Waals surface area contributed by atoms with Crippen LogP contribution in [0.25, 0.3) is 0 Å². The lowest BCUT2D eigenvalue weighted by atomic mass is 10.2. The van der Waals surface area contributed by atoms with E-state index in [-0.39, 0.29) is 30.8 Å². The van der Waals surface area contributed by atoms with Crippen LogP contribution in [0.5, 0.6) is 0 Å². The normalized spacial score (nSPS) is 11.1. The number of ether oxygens (including phenoxy) is 1. The van der Waals surface area contributed by atoms with Crippen molar-refractivity contribution >= 4 is 22.0 Å². The van der Waals surface area contributed by atoms with Gasteiger partial charge in [0.15, 0.2) is 0 Å². The van der Waals surface area contributed by atoms with Crippen molar-refractivity contribution in [3.05, 3.63) is 29.6 Å². The van der Waals surface area contributed by atoms with Gasteiger partial charge < -0.3 is 9.84 Å². The monoisotopic (exact) mass is 316 g/mol. The van der Waals surface area contributed by atoms with Gasteiger partial charge in [0.05, 0.1) is 36.6 Å². The van der Waals surface area contributed by atoms with Crippen LogP contribution in [0.1, 0.15) is 29.4 Å². The van der Waals surface area contributed by atoms with E-state index in [0.717, 1.165) is 0 Å². The number of pyridine rings is 1. The van der Waals surface area contributed by atoms with E-state index in [1.54, 1.807) is 6.92 Å². The molecule has 9 heteroatoms. The van der Waals surface area contributed by atoms with Gasteiger partial charge in [-0.2, -0.15) is 0 Å². The van der Waals surface area contributed by atoms with Crippen molar-refractivity contribution in [3.63, 3.8) is 0 Å². The number of hydrogen-bond donors (Lipinski definition) is 2. The van der Waals surface area contributed by atoms with Crippen LogP contribution in [0.2, 0.25) is 0 Å². The summed E-state index contributed by atoms with van der Waals surface area (Å²) in [6, 6.07) is 2.58. The quantitative estimate of drug-likeness (QED) is 0.654. The predicted molar refractivity (Wildman–Crippen MR) is 73.1 cm³/mol. The Kier molecular flexibility index (Phi) is 6.25. The number of hydrogen-bond acceptors (Lipinski definition) is 6. The second kappa shape index (κ2) is 7.70. The highest BCUT2D eigenvalue weighted by Gasteiger charge is 2.14. The molecule has 8 nitrogen and oxygen atoms in total. The van der Waals surface area contributed by atoms with Crippen molar-refractivity contribution in [1.82, 2.24) is 9.71 Å². The summed E-state index contributed by atoms with van der Waals surface area (Å²) in [6.07, 6.45) is 1.04. The van der Waals surface area contributed by atoms with Crippen molar-refractivity contribution in [1.29, 1.82) is 0 Å². The number of sulfonamides is 1. The van der Waals surface area contributed by atoms with Crippen molar-refractivity contribution in [3.8, 4) is 0 Å². The maximum absolute atomic E-state index is 11.7. The van der Waals surface area contributed by atoms with E-state index in [1.165, 1.54) is 18.3 Å². The third-order valence-corrected chi connectivity index (χ3v) is 3.74. The number of nitrogens with zero attached hydrogens (tertiary/aromatic N) is 1. The fourth-order valence-electron chi connectivity index (χ4n) is 1.41. The van der Waals surface area contributed by atoms with E-state index >= 15 is 0 Å². The molecule has 0 atom stereocenters. The minimum atomic E-state index is -3.66. The minimum Gasteiger partial charge on any atom is -0.478 e. The molecule has 0 aliphatic heterocycles. The third kappa shape index (κ3) is 6.32. The number of rotatable bonds is 8. The van der Waals surface area contributed by atoms with Crippen LogP contribution in [0.3, 0.4) is 0 Å². The van der Waals surface area contributed by atoms with Crippen LogP contribution < -0.4 is 4.72 Å². The van der Waals surface area contributed by atoms with Gasteiger partial charge in [0.25, 0.3) is 0 Å². The van der Waals surface area contributed by atoms with E-state index in [9.17, 15) is 18.0 Å². The fraction of sp³-hybridized carbons (Fsp3) is 0.417. The lowest BCUT2D eigenvalue weighted by Gasteiger charge is -2.06. The van der Waals surface area contributed by atoms with Gasteiger partial charge in [0, 0.05) is 6.20 Å². The van der Waals surface area contributed by atoms with Gasteiger partial charge in [-0.05, 0) is 19.1 Å². The zero-order chi connectivity index (χ0) is 15.9. The molecular weight excluding hydrogens is 300 g/mol. The Morgan fingerprint density at radius 2 is 2.14 bits per heavy atom. The first-order chi connectivity index (χ1) is 9.84. The summed E-state index contributed by atoms with van der Waals surface area (Å²) in [6.45, 7) is 1.68. The highest BCUT2D eigenvalue weighted by molar-refractivity contribution is 7.89. The maximum atomic E-state index is 11.7. The van der Waals surface area contributed by atoms with Crippen molar-refractivity contribution in [2.75, 3.05) is 12.4 Å². The Bertz CT molecular complexity index is 614. The van der Waals surface area contributed by atoms with Crippen LogP contribution in [0, 0.1) is 0 Å². The molecule has 116 valence electrons. The van der Waals surface area contributed by atoms with Crippen molar-refractivity contribution in [2.45, 2.75) is 19.9 Å². The average molecular weight is 316 g/mol. The summed E-state index contributed by atoms with van der Waals surface area (Å²) in [7, 11) is -3.66. The lowest BCUT2D eigenvalue weighted by Crippen LogP contribution is -2.27. The molecule has 0 aliphatic rings. The molecule has 2 N–H and O–H groups in total.